The minimum atomic E-state index is 1.09. The van der Waals surface area contributed by atoms with Crippen LogP contribution in [0.5, 0.6) is 0 Å². The van der Waals surface area contributed by atoms with E-state index in [-0.39, 0.29) is 0 Å². The highest BCUT2D eigenvalue weighted by Gasteiger charge is 2.12. The molecular formula is C21H41N2+. The van der Waals surface area contributed by atoms with Crippen molar-refractivity contribution in [2.24, 2.45) is 0 Å². The molecule has 1 aromatic heterocycles. The summed E-state index contributed by atoms with van der Waals surface area (Å²) >= 11 is 0. The fourth-order valence-electron chi connectivity index (χ4n) is 3.52. The summed E-state index contributed by atoms with van der Waals surface area (Å²) < 4.78 is 4.83. The molecule has 0 atom stereocenters. The van der Waals surface area contributed by atoms with E-state index >= 15 is 0 Å². The first-order valence-corrected chi connectivity index (χ1v) is 10.4. The quantitative estimate of drug-likeness (QED) is 0.274. The average Bonchev–Trinajstić information content (AvgIpc) is 2.97. The zero-order valence-corrected chi connectivity index (χ0v) is 16.2. The van der Waals surface area contributed by atoms with E-state index in [0.717, 1.165) is 13.0 Å². The van der Waals surface area contributed by atoms with E-state index in [1.165, 1.54) is 89.4 Å². The van der Waals surface area contributed by atoms with Crippen LogP contribution in [-0.2, 0) is 19.5 Å². The predicted molar refractivity (Wildman–Crippen MR) is 101 cm³/mol. The summed E-state index contributed by atoms with van der Waals surface area (Å²) in [6.45, 7) is 9.08. The van der Waals surface area contributed by atoms with E-state index in [1.807, 2.05) is 0 Å². The van der Waals surface area contributed by atoms with Gasteiger partial charge >= 0.3 is 0 Å². The number of aryl methyl sites for hydroxylation is 2. The van der Waals surface area contributed by atoms with Crippen LogP contribution in [0.4, 0.5) is 0 Å². The standard InChI is InChI=1S/C21H41N2/c1-4-7-8-9-10-11-12-13-14-15-16-17-18-23-20-19-22(6-3)21(23)5-2/h19-20H,4-18H2,1-3H3/q+1. The van der Waals surface area contributed by atoms with Gasteiger partial charge < -0.3 is 0 Å². The molecule has 0 fully saturated rings. The Morgan fingerprint density at radius 1 is 0.739 bits per heavy atom. The maximum Gasteiger partial charge on any atom is 0.256 e. The van der Waals surface area contributed by atoms with Crippen molar-refractivity contribution >= 4 is 0 Å². The second-order valence-corrected chi connectivity index (χ2v) is 6.94. The van der Waals surface area contributed by atoms with Crippen LogP contribution in [0.25, 0.3) is 0 Å². The van der Waals surface area contributed by atoms with Gasteiger partial charge in [0, 0.05) is 6.42 Å². The first kappa shape index (κ1) is 20.3. The highest BCUT2D eigenvalue weighted by atomic mass is 15.1. The van der Waals surface area contributed by atoms with Gasteiger partial charge in [-0.05, 0) is 19.8 Å². The molecule has 0 saturated carbocycles. The van der Waals surface area contributed by atoms with E-state index in [2.05, 4.69) is 42.3 Å². The van der Waals surface area contributed by atoms with Crippen LogP contribution in [0.3, 0.4) is 0 Å². The molecule has 1 aromatic rings. The number of nitrogens with zero attached hydrogens (tertiary/aromatic N) is 2. The Morgan fingerprint density at radius 3 is 1.74 bits per heavy atom. The monoisotopic (exact) mass is 321 g/mol. The third kappa shape index (κ3) is 8.58. The van der Waals surface area contributed by atoms with Crippen molar-refractivity contribution in [3.63, 3.8) is 0 Å². The summed E-state index contributed by atoms with van der Waals surface area (Å²) in [4.78, 5) is 0. The Kier molecular flexibility index (Phi) is 12.0. The number of unbranched alkanes of at least 4 members (excludes halogenated alkanes) is 11. The lowest BCUT2D eigenvalue weighted by molar-refractivity contribution is -0.704. The van der Waals surface area contributed by atoms with Crippen LogP contribution in [0, 0.1) is 0 Å². The molecule has 0 saturated heterocycles. The zero-order valence-electron chi connectivity index (χ0n) is 16.2. The normalized spacial score (nSPS) is 11.3. The molecule has 2 heteroatoms. The molecule has 0 spiro atoms. The lowest BCUT2D eigenvalue weighted by Crippen LogP contribution is -2.37. The maximum atomic E-state index is 2.46. The second kappa shape index (κ2) is 13.6. The van der Waals surface area contributed by atoms with Gasteiger partial charge in [-0.3, -0.25) is 0 Å². The van der Waals surface area contributed by atoms with Gasteiger partial charge in [-0.25, -0.2) is 9.13 Å². The fourth-order valence-corrected chi connectivity index (χ4v) is 3.52. The lowest BCUT2D eigenvalue weighted by Gasteiger charge is -2.04. The third-order valence-corrected chi connectivity index (χ3v) is 5.00. The first-order chi connectivity index (χ1) is 11.3. The van der Waals surface area contributed by atoms with Crippen molar-refractivity contribution in [1.29, 1.82) is 0 Å². The fraction of sp³-hybridized carbons (Fsp3) is 0.857. The van der Waals surface area contributed by atoms with Crippen LogP contribution in [0.2, 0.25) is 0 Å². The highest BCUT2D eigenvalue weighted by molar-refractivity contribution is 4.82. The van der Waals surface area contributed by atoms with Crippen LogP contribution in [0.1, 0.15) is 104 Å². The number of rotatable bonds is 15. The first-order valence-electron chi connectivity index (χ1n) is 10.4. The summed E-state index contributed by atoms with van der Waals surface area (Å²) in [5.41, 5.74) is 0. The van der Waals surface area contributed by atoms with Gasteiger partial charge in [0.15, 0.2) is 0 Å². The van der Waals surface area contributed by atoms with Crippen molar-refractivity contribution < 1.29 is 4.57 Å². The summed E-state index contributed by atoms with van der Waals surface area (Å²) in [7, 11) is 0. The molecule has 0 aliphatic heterocycles. The SMILES string of the molecule is CCCCCCCCCCCCCC[n+]1ccn(CC)c1CC. The van der Waals surface area contributed by atoms with Gasteiger partial charge in [0.05, 0.1) is 13.1 Å². The average molecular weight is 322 g/mol. The summed E-state index contributed by atoms with van der Waals surface area (Å²) in [5, 5.41) is 0. The van der Waals surface area contributed by atoms with Gasteiger partial charge in [0.1, 0.15) is 12.4 Å². The molecule has 0 amide bonds. The van der Waals surface area contributed by atoms with E-state index in [9.17, 15) is 0 Å². The second-order valence-electron chi connectivity index (χ2n) is 6.94. The van der Waals surface area contributed by atoms with Gasteiger partial charge in [-0.1, -0.05) is 78.1 Å². The molecule has 0 radical (unpaired) electrons. The molecule has 23 heavy (non-hydrogen) atoms. The van der Waals surface area contributed by atoms with Gasteiger partial charge in [-0.15, -0.1) is 0 Å². The number of hydrogen-bond donors (Lipinski definition) is 0. The summed E-state index contributed by atoms with van der Waals surface area (Å²) in [5.74, 6) is 1.48. The largest absolute Gasteiger partial charge is 0.256 e. The van der Waals surface area contributed by atoms with Crippen LogP contribution in [0.15, 0.2) is 12.4 Å². The zero-order chi connectivity index (χ0) is 16.8. The molecule has 0 N–H and O–H groups in total. The van der Waals surface area contributed by atoms with Crippen LogP contribution >= 0.6 is 0 Å². The van der Waals surface area contributed by atoms with Crippen molar-refractivity contribution in [2.75, 3.05) is 0 Å². The molecule has 0 bridgehead atoms. The topological polar surface area (TPSA) is 8.81 Å². The Bertz CT molecular complexity index is 381. The van der Waals surface area contributed by atoms with Crippen molar-refractivity contribution in [1.82, 2.24) is 4.57 Å². The van der Waals surface area contributed by atoms with E-state index in [1.54, 1.807) is 0 Å². The number of aromatic nitrogens is 2. The highest BCUT2D eigenvalue weighted by Crippen LogP contribution is 2.12. The Hall–Kier alpha value is -0.790. The van der Waals surface area contributed by atoms with Crippen molar-refractivity contribution in [3.8, 4) is 0 Å². The summed E-state index contributed by atoms with van der Waals surface area (Å²) in [6.07, 6.45) is 22.8. The van der Waals surface area contributed by atoms with Crippen LogP contribution < -0.4 is 4.57 Å². The maximum absolute atomic E-state index is 2.46. The smallest absolute Gasteiger partial charge is 0.235 e. The Balaban J connectivity index is 1.95. The number of hydrogen-bond acceptors (Lipinski definition) is 0. The molecule has 0 aliphatic carbocycles. The van der Waals surface area contributed by atoms with Gasteiger partial charge in [0.25, 0.3) is 5.82 Å². The Labute approximate surface area is 145 Å². The molecule has 0 aliphatic rings. The third-order valence-electron chi connectivity index (χ3n) is 5.00. The van der Waals surface area contributed by atoms with Crippen molar-refractivity contribution in [2.45, 2.75) is 117 Å². The molecule has 0 unspecified atom stereocenters. The number of imidazole rings is 1. The molecule has 0 aromatic carbocycles. The molecule has 1 rings (SSSR count). The Morgan fingerprint density at radius 2 is 1.26 bits per heavy atom. The minimum absolute atomic E-state index is 1.09. The van der Waals surface area contributed by atoms with Crippen LogP contribution in [-0.4, -0.2) is 4.57 Å². The molecule has 1 heterocycles. The van der Waals surface area contributed by atoms with E-state index in [4.69, 9.17) is 0 Å². The summed E-state index contributed by atoms with van der Waals surface area (Å²) in [6, 6.07) is 0. The van der Waals surface area contributed by atoms with E-state index < -0.39 is 0 Å². The van der Waals surface area contributed by atoms with Gasteiger partial charge in [-0.2, -0.15) is 0 Å². The minimum Gasteiger partial charge on any atom is -0.235 e. The van der Waals surface area contributed by atoms with Gasteiger partial charge in [0.2, 0.25) is 0 Å². The van der Waals surface area contributed by atoms with E-state index in [0.29, 0.717) is 0 Å². The molecular weight excluding hydrogens is 280 g/mol. The predicted octanol–water partition coefficient (Wildman–Crippen LogP) is 6.06. The lowest BCUT2D eigenvalue weighted by atomic mass is 10.1. The molecule has 2 nitrogen and oxygen atoms in total. The molecule has 134 valence electrons. The van der Waals surface area contributed by atoms with Crippen molar-refractivity contribution in [3.05, 3.63) is 18.2 Å².